The molecule has 0 atom stereocenters. The summed E-state index contributed by atoms with van der Waals surface area (Å²) < 4.78 is 6.84. The number of para-hydroxylation sites is 1. The van der Waals surface area contributed by atoms with Gasteiger partial charge in [0.25, 0.3) is 0 Å². The van der Waals surface area contributed by atoms with Crippen LogP contribution in [0, 0.1) is 0 Å². The fraction of sp³-hybridized carbons (Fsp3) is 0.357. The van der Waals surface area contributed by atoms with E-state index in [1.807, 2.05) is 17.7 Å². The second kappa shape index (κ2) is 6.74. The third kappa shape index (κ3) is 3.50. The lowest BCUT2D eigenvalue weighted by Crippen LogP contribution is -2.13. The lowest BCUT2D eigenvalue weighted by atomic mass is 10.1. The van der Waals surface area contributed by atoms with Gasteiger partial charge < -0.3 is 20.4 Å². The Morgan fingerprint density at radius 1 is 1.48 bits per heavy atom. The summed E-state index contributed by atoms with van der Waals surface area (Å²) in [6, 6.07) is 5.25. The fourth-order valence-corrected chi connectivity index (χ4v) is 1.95. The van der Waals surface area contributed by atoms with Crippen LogP contribution in [0.4, 0.5) is 11.4 Å². The molecule has 1 heterocycles. The molecule has 0 aliphatic heterocycles. The molecule has 21 heavy (non-hydrogen) atoms. The average Bonchev–Trinajstić information content (AvgIpc) is 2.86. The zero-order chi connectivity index (χ0) is 15.2. The van der Waals surface area contributed by atoms with Crippen molar-refractivity contribution < 1.29 is 9.53 Å². The van der Waals surface area contributed by atoms with Crippen LogP contribution in [0.2, 0.25) is 0 Å². The molecule has 0 spiro atoms. The number of nitrogens with one attached hydrogen (secondary N) is 1. The average molecular weight is 289 g/mol. The number of esters is 1. The minimum Gasteiger partial charge on any atom is -0.462 e. The van der Waals surface area contributed by atoms with Gasteiger partial charge in [-0.1, -0.05) is 6.07 Å². The summed E-state index contributed by atoms with van der Waals surface area (Å²) in [6.07, 6.45) is 2.37. The van der Waals surface area contributed by atoms with Gasteiger partial charge >= 0.3 is 5.97 Å². The topological polar surface area (TPSA) is 95.1 Å². The van der Waals surface area contributed by atoms with Gasteiger partial charge in [0, 0.05) is 20.0 Å². The number of aromatic nitrogens is 3. The number of rotatable bonds is 6. The number of nitrogens with zero attached hydrogens (tertiary/aromatic N) is 3. The molecule has 0 aliphatic rings. The molecule has 0 unspecified atom stereocenters. The minimum absolute atomic E-state index is 0.322. The number of aryl methyl sites for hydroxylation is 1. The van der Waals surface area contributed by atoms with Crippen LogP contribution in [0.25, 0.3) is 0 Å². The van der Waals surface area contributed by atoms with E-state index in [-0.39, 0.29) is 0 Å². The normalized spacial score (nSPS) is 10.4. The van der Waals surface area contributed by atoms with E-state index < -0.39 is 5.97 Å². The monoisotopic (exact) mass is 289 g/mol. The Hall–Kier alpha value is -2.57. The van der Waals surface area contributed by atoms with E-state index in [1.165, 1.54) is 0 Å². The molecule has 0 aliphatic carbocycles. The molecule has 7 nitrogen and oxygen atoms in total. The zero-order valence-corrected chi connectivity index (χ0v) is 12.2. The van der Waals surface area contributed by atoms with Crippen LogP contribution in [0.5, 0.6) is 0 Å². The molecule has 0 saturated heterocycles. The first-order chi connectivity index (χ1) is 10.1. The van der Waals surface area contributed by atoms with Crippen molar-refractivity contribution in [3.05, 3.63) is 35.9 Å². The van der Waals surface area contributed by atoms with Gasteiger partial charge in [-0.05, 0) is 19.1 Å². The van der Waals surface area contributed by atoms with Crippen LogP contribution in [0.3, 0.4) is 0 Å². The molecule has 0 amide bonds. The number of benzene rings is 1. The molecule has 0 saturated carbocycles. The second-order valence-electron chi connectivity index (χ2n) is 4.52. The summed E-state index contributed by atoms with van der Waals surface area (Å²) in [5.74, 6) is 0.467. The quantitative estimate of drug-likeness (QED) is 0.613. The molecule has 1 aromatic heterocycles. The van der Waals surface area contributed by atoms with Crippen LogP contribution in [0.1, 0.15) is 23.1 Å². The van der Waals surface area contributed by atoms with Crippen molar-refractivity contribution in [1.82, 2.24) is 14.8 Å². The number of hydrogen-bond donors (Lipinski definition) is 2. The number of anilines is 2. The smallest absolute Gasteiger partial charge is 0.340 e. The number of nitrogens with two attached hydrogens (primary N) is 1. The lowest BCUT2D eigenvalue weighted by molar-refractivity contribution is 0.0527. The number of carbonyl (C=O) groups excluding carboxylic acids is 1. The Kier molecular flexibility index (Phi) is 4.76. The Morgan fingerprint density at radius 2 is 2.29 bits per heavy atom. The summed E-state index contributed by atoms with van der Waals surface area (Å²) in [7, 11) is 1.89. The van der Waals surface area contributed by atoms with E-state index in [1.54, 1.807) is 25.4 Å². The summed E-state index contributed by atoms with van der Waals surface area (Å²) in [5, 5.41) is 11.0. The third-order valence-corrected chi connectivity index (χ3v) is 3.07. The molecule has 112 valence electrons. The van der Waals surface area contributed by atoms with Gasteiger partial charge in [0.15, 0.2) is 0 Å². The molecule has 1 aromatic carbocycles. The summed E-state index contributed by atoms with van der Waals surface area (Å²) >= 11 is 0. The van der Waals surface area contributed by atoms with Gasteiger partial charge in [-0.3, -0.25) is 0 Å². The minimum atomic E-state index is -0.410. The standard InChI is InChI=1S/C14H19N5O2/c1-3-21-14(20)10-5-4-6-11(13(10)15)16-8-7-12-18-17-9-19(12)2/h4-6,9,16H,3,7-8,15H2,1-2H3. The third-order valence-electron chi connectivity index (χ3n) is 3.07. The van der Waals surface area contributed by atoms with Gasteiger partial charge in [0.05, 0.1) is 23.5 Å². The van der Waals surface area contributed by atoms with Crippen molar-refractivity contribution in [3.63, 3.8) is 0 Å². The molecule has 7 heteroatoms. The Balaban J connectivity index is 2.02. The largest absolute Gasteiger partial charge is 0.462 e. The Morgan fingerprint density at radius 3 is 2.95 bits per heavy atom. The van der Waals surface area contributed by atoms with Crippen LogP contribution >= 0.6 is 0 Å². The van der Waals surface area contributed by atoms with Crippen molar-refractivity contribution in [2.45, 2.75) is 13.3 Å². The van der Waals surface area contributed by atoms with Crippen molar-refractivity contribution in [2.75, 3.05) is 24.2 Å². The summed E-state index contributed by atoms with van der Waals surface area (Å²) in [4.78, 5) is 11.8. The number of ether oxygens (including phenoxy) is 1. The zero-order valence-electron chi connectivity index (χ0n) is 12.2. The molecular weight excluding hydrogens is 270 g/mol. The van der Waals surface area contributed by atoms with Gasteiger partial charge in [0.2, 0.25) is 0 Å². The highest BCUT2D eigenvalue weighted by Crippen LogP contribution is 2.23. The number of hydrogen-bond acceptors (Lipinski definition) is 6. The van der Waals surface area contributed by atoms with Crippen molar-refractivity contribution in [1.29, 1.82) is 0 Å². The van der Waals surface area contributed by atoms with Gasteiger partial charge in [-0.2, -0.15) is 0 Å². The Bertz CT molecular complexity index is 624. The number of carbonyl (C=O) groups is 1. The highest BCUT2D eigenvalue weighted by atomic mass is 16.5. The van der Waals surface area contributed by atoms with Gasteiger partial charge in [-0.25, -0.2) is 4.79 Å². The predicted molar refractivity (Wildman–Crippen MR) is 80.0 cm³/mol. The van der Waals surface area contributed by atoms with Crippen LogP contribution < -0.4 is 11.1 Å². The highest BCUT2D eigenvalue weighted by molar-refractivity contribution is 5.98. The van der Waals surface area contributed by atoms with Crippen LogP contribution in [-0.2, 0) is 18.2 Å². The summed E-state index contributed by atoms with van der Waals surface area (Å²) in [5.41, 5.74) is 7.49. The maximum atomic E-state index is 11.8. The molecule has 2 rings (SSSR count). The fourth-order valence-electron chi connectivity index (χ4n) is 1.95. The Labute approximate surface area is 123 Å². The van der Waals surface area contributed by atoms with Crippen molar-refractivity contribution in [3.8, 4) is 0 Å². The first-order valence-corrected chi connectivity index (χ1v) is 6.75. The first kappa shape index (κ1) is 14.8. The number of nitrogen functional groups attached to an aromatic ring is 1. The van der Waals surface area contributed by atoms with Crippen molar-refractivity contribution >= 4 is 17.3 Å². The second-order valence-corrected chi connectivity index (χ2v) is 4.52. The predicted octanol–water partition coefficient (Wildman–Crippen LogP) is 1.23. The van der Waals surface area contributed by atoms with Crippen LogP contribution in [-0.4, -0.2) is 33.9 Å². The first-order valence-electron chi connectivity index (χ1n) is 6.75. The van der Waals surface area contributed by atoms with Crippen LogP contribution in [0.15, 0.2) is 24.5 Å². The SMILES string of the molecule is CCOC(=O)c1cccc(NCCc2nncn2C)c1N. The van der Waals surface area contributed by atoms with E-state index in [4.69, 9.17) is 10.5 Å². The molecular formula is C14H19N5O2. The van der Waals surface area contributed by atoms with Crippen molar-refractivity contribution in [2.24, 2.45) is 7.05 Å². The molecule has 0 radical (unpaired) electrons. The summed E-state index contributed by atoms with van der Waals surface area (Å²) in [6.45, 7) is 2.72. The van der Waals surface area contributed by atoms with E-state index in [9.17, 15) is 4.79 Å². The van der Waals surface area contributed by atoms with E-state index in [2.05, 4.69) is 15.5 Å². The maximum absolute atomic E-state index is 11.8. The van der Waals surface area contributed by atoms with Gasteiger partial charge in [-0.15, -0.1) is 10.2 Å². The molecule has 0 fully saturated rings. The molecule has 3 N–H and O–H groups in total. The molecule has 0 bridgehead atoms. The van der Waals surface area contributed by atoms with Gasteiger partial charge in [0.1, 0.15) is 12.2 Å². The maximum Gasteiger partial charge on any atom is 0.340 e. The van der Waals surface area contributed by atoms with E-state index >= 15 is 0 Å². The van der Waals surface area contributed by atoms with E-state index in [0.29, 0.717) is 36.5 Å². The van der Waals surface area contributed by atoms with E-state index in [0.717, 1.165) is 5.82 Å². The lowest BCUT2D eigenvalue weighted by Gasteiger charge is -2.12. The highest BCUT2D eigenvalue weighted by Gasteiger charge is 2.13. The molecule has 2 aromatic rings.